The molecule has 110 valence electrons. The topological polar surface area (TPSA) is 41.6 Å². The zero-order chi connectivity index (χ0) is 14.5. The van der Waals surface area contributed by atoms with Crippen LogP contribution >= 0.6 is 0 Å². The van der Waals surface area contributed by atoms with Gasteiger partial charge in [0.25, 0.3) is 5.91 Å². The highest BCUT2D eigenvalue weighted by atomic mass is 16.5. The van der Waals surface area contributed by atoms with E-state index >= 15 is 0 Å². The number of carbonyl (C=O) groups excluding carboxylic acids is 1. The number of hydrogen-bond donors (Lipinski definition) is 1. The van der Waals surface area contributed by atoms with Gasteiger partial charge >= 0.3 is 0 Å². The van der Waals surface area contributed by atoms with Crippen molar-refractivity contribution in [3.63, 3.8) is 0 Å². The second-order valence-electron chi connectivity index (χ2n) is 5.64. The predicted octanol–water partition coefficient (Wildman–Crippen LogP) is 1.83. The second kappa shape index (κ2) is 6.86. The average molecular weight is 276 g/mol. The normalized spacial score (nSPS) is 23.6. The van der Waals surface area contributed by atoms with Crippen LogP contribution in [0, 0.1) is 6.92 Å². The molecule has 4 nitrogen and oxygen atoms in total. The Morgan fingerprint density at radius 2 is 1.85 bits per heavy atom. The molecule has 1 aliphatic rings. The van der Waals surface area contributed by atoms with E-state index in [0.29, 0.717) is 6.54 Å². The third kappa shape index (κ3) is 4.32. The van der Waals surface area contributed by atoms with Crippen molar-refractivity contribution in [2.24, 2.45) is 0 Å². The van der Waals surface area contributed by atoms with E-state index in [1.165, 1.54) is 0 Å². The molecule has 0 bridgehead atoms. The number of amides is 1. The van der Waals surface area contributed by atoms with Gasteiger partial charge in [-0.1, -0.05) is 17.7 Å². The minimum absolute atomic E-state index is 0.000596. The molecule has 4 heteroatoms. The lowest BCUT2D eigenvalue weighted by Crippen LogP contribution is -2.47. The number of aryl methyl sites for hydroxylation is 1. The van der Waals surface area contributed by atoms with Gasteiger partial charge in [-0.25, -0.2) is 0 Å². The van der Waals surface area contributed by atoms with Crippen molar-refractivity contribution < 1.29 is 9.53 Å². The molecule has 1 aliphatic heterocycles. The van der Waals surface area contributed by atoms with Crippen molar-refractivity contribution in [3.05, 3.63) is 35.4 Å². The molecule has 0 spiro atoms. The van der Waals surface area contributed by atoms with Gasteiger partial charge in [0.15, 0.2) is 0 Å². The molecule has 1 amide bonds. The Balaban J connectivity index is 1.75. The first-order valence-electron chi connectivity index (χ1n) is 7.27. The molecule has 1 saturated heterocycles. The van der Waals surface area contributed by atoms with Crippen LogP contribution in [-0.4, -0.2) is 49.2 Å². The second-order valence-corrected chi connectivity index (χ2v) is 5.64. The molecule has 2 unspecified atom stereocenters. The fourth-order valence-corrected chi connectivity index (χ4v) is 2.60. The summed E-state index contributed by atoms with van der Waals surface area (Å²) in [6.07, 6.45) is 0.540. The van der Waals surface area contributed by atoms with E-state index in [-0.39, 0.29) is 18.1 Å². The van der Waals surface area contributed by atoms with Crippen molar-refractivity contribution in [2.75, 3.05) is 26.2 Å². The van der Waals surface area contributed by atoms with Crippen LogP contribution in [0.25, 0.3) is 0 Å². The molecule has 1 fully saturated rings. The first kappa shape index (κ1) is 15.0. The van der Waals surface area contributed by atoms with Crippen LogP contribution < -0.4 is 5.32 Å². The number of nitrogens with one attached hydrogen (secondary N) is 1. The van der Waals surface area contributed by atoms with Crippen LogP contribution in [0.1, 0.15) is 29.8 Å². The summed E-state index contributed by atoms with van der Waals surface area (Å²) in [4.78, 5) is 14.3. The lowest BCUT2D eigenvalue weighted by atomic mass is 10.1. The molecular formula is C16H24N2O2. The van der Waals surface area contributed by atoms with Crippen LogP contribution in [0.15, 0.2) is 24.3 Å². The van der Waals surface area contributed by atoms with Gasteiger partial charge in [0, 0.05) is 31.7 Å². The van der Waals surface area contributed by atoms with E-state index in [9.17, 15) is 4.79 Å². The smallest absolute Gasteiger partial charge is 0.251 e. The third-order valence-electron chi connectivity index (χ3n) is 3.52. The Labute approximate surface area is 121 Å². The van der Waals surface area contributed by atoms with Crippen molar-refractivity contribution in [2.45, 2.75) is 33.0 Å². The number of carbonyl (C=O) groups is 1. The van der Waals surface area contributed by atoms with Gasteiger partial charge in [-0.05, 0) is 32.9 Å². The quantitative estimate of drug-likeness (QED) is 0.912. The number of rotatable bonds is 4. The lowest BCUT2D eigenvalue weighted by molar-refractivity contribution is -0.0672. The minimum Gasteiger partial charge on any atom is -0.373 e. The summed E-state index contributed by atoms with van der Waals surface area (Å²) in [6.45, 7) is 9.61. The standard InChI is InChI=1S/C16H24N2O2/c1-12-4-6-15(7-5-12)16(19)17-8-9-18-10-13(2)20-14(3)11-18/h4-7,13-14H,8-11H2,1-3H3,(H,17,19). The van der Waals surface area contributed by atoms with Crippen molar-refractivity contribution >= 4 is 5.91 Å². The van der Waals surface area contributed by atoms with E-state index in [4.69, 9.17) is 4.74 Å². The largest absolute Gasteiger partial charge is 0.373 e. The number of hydrogen-bond acceptors (Lipinski definition) is 3. The molecule has 0 saturated carbocycles. The van der Waals surface area contributed by atoms with Crippen molar-refractivity contribution in [1.82, 2.24) is 10.2 Å². The highest BCUT2D eigenvalue weighted by molar-refractivity contribution is 5.94. The highest BCUT2D eigenvalue weighted by Gasteiger charge is 2.21. The summed E-state index contributed by atoms with van der Waals surface area (Å²) in [7, 11) is 0. The van der Waals surface area contributed by atoms with Gasteiger partial charge in [0.2, 0.25) is 0 Å². The SMILES string of the molecule is Cc1ccc(C(=O)NCCN2CC(C)OC(C)C2)cc1. The molecule has 2 rings (SSSR count). The molecule has 0 aromatic heterocycles. The average Bonchev–Trinajstić information content (AvgIpc) is 2.38. The number of benzene rings is 1. The molecule has 2 atom stereocenters. The van der Waals surface area contributed by atoms with Gasteiger partial charge < -0.3 is 10.1 Å². The molecule has 0 radical (unpaired) electrons. The van der Waals surface area contributed by atoms with Gasteiger partial charge in [0.1, 0.15) is 0 Å². The molecule has 1 aromatic rings. The molecule has 0 aliphatic carbocycles. The predicted molar refractivity (Wildman–Crippen MR) is 80.0 cm³/mol. The number of ether oxygens (including phenoxy) is 1. The maximum atomic E-state index is 12.0. The summed E-state index contributed by atoms with van der Waals surface area (Å²) < 4.78 is 5.70. The van der Waals surface area contributed by atoms with Crippen LogP contribution in [0.3, 0.4) is 0 Å². The van der Waals surface area contributed by atoms with E-state index in [1.807, 2.05) is 31.2 Å². The van der Waals surface area contributed by atoms with Gasteiger partial charge in [-0.3, -0.25) is 9.69 Å². The lowest BCUT2D eigenvalue weighted by Gasteiger charge is -2.35. The summed E-state index contributed by atoms with van der Waals surface area (Å²) in [5, 5.41) is 2.97. The summed E-state index contributed by atoms with van der Waals surface area (Å²) >= 11 is 0. The van der Waals surface area contributed by atoms with Gasteiger partial charge in [-0.2, -0.15) is 0 Å². The Kier molecular flexibility index (Phi) is 5.15. The van der Waals surface area contributed by atoms with E-state index in [1.54, 1.807) is 0 Å². The van der Waals surface area contributed by atoms with E-state index in [2.05, 4.69) is 24.1 Å². The third-order valence-corrected chi connectivity index (χ3v) is 3.52. The van der Waals surface area contributed by atoms with E-state index in [0.717, 1.165) is 30.8 Å². The molecule has 20 heavy (non-hydrogen) atoms. The molecule has 1 heterocycles. The monoisotopic (exact) mass is 276 g/mol. The van der Waals surface area contributed by atoms with Crippen molar-refractivity contribution in [1.29, 1.82) is 0 Å². The summed E-state index contributed by atoms with van der Waals surface area (Å²) in [6, 6.07) is 7.65. The first-order valence-corrected chi connectivity index (χ1v) is 7.27. The number of morpholine rings is 1. The fraction of sp³-hybridized carbons (Fsp3) is 0.562. The number of nitrogens with zero attached hydrogens (tertiary/aromatic N) is 1. The fourth-order valence-electron chi connectivity index (χ4n) is 2.60. The zero-order valence-electron chi connectivity index (χ0n) is 12.6. The van der Waals surface area contributed by atoms with Crippen LogP contribution in [0.4, 0.5) is 0 Å². The molecular weight excluding hydrogens is 252 g/mol. The minimum atomic E-state index is -0.000596. The van der Waals surface area contributed by atoms with Crippen LogP contribution in [-0.2, 0) is 4.74 Å². The maximum Gasteiger partial charge on any atom is 0.251 e. The van der Waals surface area contributed by atoms with Gasteiger partial charge in [0.05, 0.1) is 12.2 Å². The van der Waals surface area contributed by atoms with E-state index < -0.39 is 0 Å². The van der Waals surface area contributed by atoms with Crippen LogP contribution in [0.5, 0.6) is 0 Å². The first-order chi connectivity index (χ1) is 9.54. The zero-order valence-corrected chi connectivity index (χ0v) is 12.6. The Morgan fingerprint density at radius 1 is 1.25 bits per heavy atom. The molecule has 1 aromatic carbocycles. The maximum absolute atomic E-state index is 12.0. The highest BCUT2D eigenvalue weighted by Crippen LogP contribution is 2.09. The summed E-state index contributed by atoms with van der Waals surface area (Å²) in [5.74, 6) is -0.000596. The van der Waals surface area contributed by atoms with Crippen LogP contribution in [0.2, 0.25) is 0 Å². The Hall–Kier alpha value is -1.39. The molecule has 1 N–H and O–H groups in total. The van der Waals surface area contributed by atoms with Crippen molar-refractivity contribution in [3.8, 4) is 0 Å². The summed E-state index contributed by atoms with van der Waals surface area (Å²) in [5.41, 5.74) is 1.89. The Morgan fingerprint density at radius 3 is 2.45 bits per heavy atom. The Bertz CT molecular complexity index is 434. The van der Waals surface area contributed by atoms with Gasteiger partial charge in [-0.15, -0.1) is 0 Å².